The smallest absolute Gasteiger partial charge is 0.196 e. The number of aromatic nitrogens is 4. The van der Waals surface area contributed by atoms with Gasteiger partial charge in [-0.25, -0.2) is 15.0 Å². The van der Waals surface area contributed by atoms with Crippen molar-refractivity contribution in [3.8, 4) is 0 Å². The third-order valence-corrected chi connectivity index (χ3v) is 3.58. The van der Waals surface area contributed by atoms with Crippen LogP contribution >= 0.6 is 0 Å². The fourth-order valence-corrected chi connectivity index (χ4v) is 2.41. The van der Waals surface area contributed by atoms with E-state index in [-0.39, 0.29) is 17.9 Å². The predicted molar refractivity (Wildman–Crippen MR) is 72.4 cm³/mol. The molecule has 1 aliphatic rings. The van der Waals surface area contributed by atoms with Gasteiger partial charge in [-0.15, -0.1) is 0 Å². The SMILES string of the molecule is Nc1ncnc2c1ncn2[C@@H]1O[C@H](CO)[C@@H](O)[C@@H](O)CC1=O. The molecule has 5 N–H and O–H groups in total. The topological polar surface area (TPSA) is 157 Å². The summed E-state index contributed by atoms with van der Waals surface area (Å²) in [4.78, 5) is 24.1. The van der Waals surface area contributed by atoms with Gasteiger partial charge < -0.3 is 25.8 Å². The first-order valence-electron chi connectivity index (χ1n) is 6.61. The molecule has 0 aromatic carbocycles. The third-order valence-electron chi connectivity index (χ3n) is 3.58. The number of nitrogens with two attached hydrogens (primary N) is 1. The van der Waals surface area contributed by atoms with Crippen molar-refractivity contribution in [3.63, 3.8) is 0 Å². The van der Waals surface area contributed by atoms with Crippen molar-refractivity contribution in [1.29, 1.82) is 0 Å². The number of aliphatic hydroxyl groups excluding tert-OH is 3. The van der Waals surface area contributed by atoms with Crippen LogP contribution in [-0.2, 0) is 9.53 Å². The Balaban J connectivity index is 2.04. The molecule has 3 rings (SSSR count). The summed E-state index contributed by atoms with van der Waals surface area (Å²) in [7, 11) is 0. The van der Waals surface area contributed by atoms with Crippen LogP contribution < -0.4 is 5.73 Å². The molecule has 2 aromatic heterocycles. The number of carbonyl (C=O) groups excluding carboxylic acids is 1. The Morgan fingerprint density at radius 3 is 2.86 bits per heavy atom. The van der Waals surface area contributed by atoms with Gasteiger partial charge in [0, 0.05) is 6.42 Å². The largest absolute Gasteiger partial charge is 0.394 e. The maximum atomic E-state index is 12.3. The van der Waals surface area contributed by atoms with Crippen LogP contribution in [0.3, 0.4) is 0 Å². The minimum Gasteiger partial charge on any atom is -0.394 e. The van der Waals surface area contributed by atoms with Gasteiger partial charge in [0.25, 0.3) is 0 Å². The number of aliphatic hydroxyl groups is 3. The van der Waals surface area contributed by atoms with Gasteiger partial charge in [-0.3, -0.25) is 9.36 Å². The highest BCUT2D eigenvalue weighted by molar-refractivity contribution is 5.86. The zero-order chi connectivity index (χ0) is 15.9. The van der Waals surface area contributed by atoms with Crippen molar-refractivity contribution < 1.29 is 24.9 Å². The molecule has 4 atom stereocenters. The molecule has 2 aromatic rings. The molecule has 0 saturated carbocycles. The predicted octanol–water partition coefficient (Wildman–Crippen LogP) is -2.02. The normalized spacial score (nSPS) is 29.7. The standard InChI is InChI=1S/C12H15N5O5/c13-10-8-11(15-3-14-10)17(4-16-8)12-6(20)1-5(19)9(21)7(2-18)22-12/h3-5,7,9,12,18-19,21H,1-2H2,(H2,13,14,15)/t5-,7+,9-,12+/m0/s1. The lowest BCUT2D eigenvalue weighted by molar-refractivity contribution is -0.149. The Kier molecular flexibility index (Phi) is 3.74. The van der Waals surface area contributed by atoms with Gasteiger partial charge in [-0.2, -0.15) is 0 Å². The number of fused-ring (bicyclic) bond motifs is 1. The summed E-state index contributed by atoms with van der Waals surface area (Å²) in [5.41, 5.74) is 6.29. The van der Waals surface area contributed by atoms with E-state index in [1.165, 1.54) is 17.2 Å². The van der Waals surface area contributed by atoms with E-state index in [9.17, 15) is 20.1 Å². The van der Waals surface area contributed by atoms with Crippen LogP contribution in [0.15, 0.2) is 12.7 Å². The number of rotatable bonds is 2. The molecule has 1 aliphatic heterocycles. The number of hydrogen-bond acceptors (Lipinski definition) is 9. The molecule has 22 heavy (non-hydrogen) atoms. The van der Waals surface area contributed by atoms with Gasteiger partial charge in [0.15, 0.2) is 23.5 Å². The number of ketones is 1. The summed E-state index contributed by atoms with van der Waals surface area (Å²) in [5, 5.41) is 28.9. The van der Waals surface area contributed by atoms with Crippen LogP contribution in [0.2, 0.25) is 0 Å². The van der Waals surface area contributed by atoms with E-state index in [4.69, 9.17) is 10.5 Å². The summed E-state index contributed by atoms with van der Waals surface area (Å²) in [6.07, 6.45) is -2.74. The van der Waals surface area contributed by atoms with Gasteiger partial charge in [0.2, 0.25) is 0 Å². The molecule has 10 heteroatoms. The quantitative estimate of drug-likeness (QED) is 0.491. The van der Waals surface area contributed by atoms with Crippen molar-refractivity contribution >= 4 is 22.8 Å². The molecule has 0 radical (unpaired) electrons. The Hall–Kier alpha value is -2.14. The van der Waals surface area contributed by atoms with Crippen molar-refractivity contribution in [2.45, 2.75) is 31.0 Å². The summed E-state index contributed by atoms with van der Waals surface area (Å²) in [6.45, 7) is -0.550. The van der Waals surface area contributed by atoms with Gasteiger partial charge in [0.05, 0.1) is 19.0 Å². The molecule has 10 nitrogen and oxygen atoms in total. The van der Waals surface area contributed by atoms with E-state index in [0.717, 1.165) is 0 Å². The first-order valence-corrected chi connectivity index (χ1v) is 6.61. The number of anilines is 1. The Labute approximate surface area is 124 Å². The van der Waals surface area contributed by atoms with Crippen LogP contribution in [0.5, 0.6) is 0 Å². The molecule has 1 fully saturated rings. The van der Waals surface area contributed by atoms with Gasteiger partial charge in [-0.05, 0) is 0 Å². The van der Waals surface area contributed by atoms with Gasteiger partial charge in [0.1, 0.15) is 24.1 Å². The molecule has 3 heterocycles. The van der Waals surface area contributed by atoms with E-state index in [2.05, 4.69) is 15.0 Å². The lowest BCUT2D eigenvalue weighted by Gasteiger charge is -2.23. The Morgan fingerprint density at radius 2 is 2.14 bits per heavy atom. The second-order valence-corrected chi connectivity index (χ2v) is 5.02. The number of hydrogen-bond donors (Lipinski definition) is 4. The number of nitrogen functional groups attached to an aromatic ring is 1. The first-order chi connectivity index (χ1) is 10.5. The van der Waals surface area contributed by atoms with E-state index in [1.54, 1.807) is 0 Å². The molecule has 0 bridgehead atoms. The lowest BCUT2D eigenvalue weighted by atomic mass is 10.1. The van der Waals surface area contributed by atoms with Crippen molar-refractivity contribution in [1.82, 2.24) is 19.5 Å². The average molecular weight is 309 g/mol. The summed E-state index contributed by atoms with van der Waals surface area (Å²) in [5.74, 6) is -0.317. The second kappa shape index (κ2) is 5.57. The van der Waals surface area contributed by atoms with Gasteiger partial charge in [-0.1, -0.05) is 0 Å². The van der Waals surface area contributed by atoms with Gasteiger partial charge >= 0.3 is 0 Å². The van der Waals surface area contributed by atoms with Crippen molar-refractivity contribution in [2.75, 3.05) is 12.3 Å². The van der Waals surface area contributed by atoms with Crippen LogP contribution in [0.1, 0.15) is 12.6 Å². The Bertz CT molecular complexity index is 704. The number of Topliss-reactive ketones (excluding diaryl/α,β-unsaturated/α-hetero) is 1. The lowest BCUT2D eigenvalue weighted by Crippen LogP contribution is -2.39. The fraction of sp³-hybridized carbons (Fsp3) is 0.500. The highest BCUT2D eigenvalue weighted by atomic mass is 16.5. The van der Waals surface area contributed by atoms with Crippen LogP contribution in [0.4, 0.5) is 5.82 Å². The third kappa shape index (κ3) is 2.31. The number of nitrogens with zero attached hydrogens (tertiary/aromatic N) is 4. The molecular weight excluding hydrogens is 294 g/mol. The molecule has 0 amide bonds. The molecule has 118 valence electrons. The average Bonchev–Trinajstić information content (AvgIpc) is 2.88. The number of imidazole rings is 1. The maximum absolute atomic E-state index is 12.3. The summed E-state index contributed by atoms with van der Waals surface area (Å²) < 4.78 is 6.80. The fourth-order valence-electron chi connectivity index (χ4n) is 2.41. The minimum atomic E-state index is -1.37. The highest BCUT2D eigenvalue weighted by Crippen LogP contribution is 2.27. The molecule has 0 aliphatic carbocycles. The zero-order valence-corrected chi connectivity index (χ0v) is 11.4. The van der Waals surface area contributed by atoms with E-state index < -0.39 is 36.9 Å². The van der Waals surface area contributed by atoms with Crippen molar-refractivity contribution in [3.05, 3.63) is 12.7 Å². The number of carbonyl (C=O) groups is 1. The zero-order valence-electron chi connectivity index (χ0n) is 11.4. The van der Waals surface area contributed by atoms with Crippen LogP contribution in [-0.4, -0.2) is 65.5 Å². The van der Waals surface area contributed by atoms with E-state index in [0.29, 0.717) is 5.52 Å². The maximum Gasteiger partial charge on any atom is 0.196 e. The summed E-state index contributed by atoms with van der Waals surface area (Å²) in [6, 6.07) is 0. The Morgan fingerprint density at radius 1 is 1.36 bits per heavy atom. The number of ether oxygens (including phenoxy) is 1. The minimum absolute atomic E-state index is 0.156. The van der Waals surface area contributed by atoms with Crippen molar-refractivity contribution in [2.24, 2.45) is 0 Å². The van der Waals surface area contributed by atoms with Crippen LogP contribution in [0, 0.1) is 0 Å². The van der Waals surface area contributed by atoms with E-state index >= 15 is 0 Å². The molecule has 0 spiro atoms. The van der Waals surface area contributed by atoms with Crippen LogP contribution in [0.25, 0.3) is 11.2 Å². The monoisotopic (exact) mass is 309 g/mol. The summed E-state index contributed by atoms with van der Waals surface area (Å²) >= 11 is 0. The first kappa shape index (κ1) is 14.8. The highest BCUT2D eigenvalue weighted by Gasteiger charge is 2.39. The molecule has 0 unspecified atom stereocenters. The molecule has 1 saturated heterocycles. The second-order valence-electron chi connectivity index (χ2n) is 5.02. The molecular formula is C12H15N5O5. The van der Waals surface area contributed by atoms with E-state index in [1.807, 2.05) is 0 Å².